The van der Waals surface area contributed by atoms with E-state index in [1.54, 1.807) is 7.11 Å². The molecule has 0 aliphatic rings. The molecule has 0 saturated carbocycles. The molecule has 16 heavy (non-hydrogen) atoms. The molecule has 1 rings (SSSR count). The Morgan fingerprint density at radius 3 is 2.81 bits per heavy atom. The van der Waals surface area contributed by atoms with E-state index in [4.69, 9.17) is 10.5 Å². The summed E-state index contributed by atoms with van der Waals surface area (Å²) in [6, 6.07) is 6.38. The Labute approximate surface area is 111 Å². The van der Waals surface area contributed by atoms with Crippen molar-refractivity contribution in [2.45, 2.75) is 25.8 Å². The molecule has 0 fully saturated rings. The van der Waals surface area contributed by atoms with Crippen molar-refractivity contribution in [2.24, 2.45) is 0 Å². The van der Waals surface area contributed by atoms with Crippen molar-refractivity contribution in [1.82, 2.24) is 0 Å². The predicted octanol–water partition coefficient (Wildman–Crippen LogP) is 3.10. The third-order valence-electron chi connectivity index (χ3n) is 2.38. The van der Waals surface area contributed by atoms with E-state index in [9.17, 15) is 0 Å². The van der Waals surface area contributed by atoms with Gasteiger partial charge in [-0.05, 0) is 47.2 Å². The number of hydrogen-bond acceptors (Lipinski definition) is 3. The van der Waals surface area contributed by atoms with E-state index < -0.39 is 0 Å². The SMILES string of the molecule is CCCC(COC)Nc1ccc(I)cc1N. The molecule has 90 valence electrons. The highest BCUT2D eigenvalue weighted by Gasteiger charge is 2.08. The Balaban J connectivity index is 2.68. The third kappa shape index (κ3) is 4.17. The molecule has 0 aliphatic heterocycles. The summed E-state index contributed by atoms with van der Waals surface area (Å²) in [5.41, 5.74) is 7.75. The van der Waals surface area contributed by atoms with Crippen LogP contribution >= 0.6 is 22.6 Å². The molecule has 0 aromatic heterocycles. The Hall–Kier alpha value is -0.490. The Morgan fingerprint density at radius 1 is 1.50 bits per heavy atom. The summed E-state index contributed by atoms with van der Waals surface area (Å²) in [6.07, 6.45) is 2.21. The maximum absolute atomic E-state index is 5.95. The number of nitrogens with two attached hydrogens (primary N) is 1. The maximum Gasteiger partial charge on any atom is 0.0664 e. The number of rotatable bonds is 6. The summed E-state index contributed by atoms with van der Waals surface area (Å²) in [5, 5.41) is 3.42. The minimum atomic E-state index is 0.331. The number of ether oxygens (including phenoxy) is 1. The lowest BCUT2D eigenvalue weighted by molar-refractivity contribution is 0.182. The highest BCUT2D eigenvalue weighted by atomic mass is 127. The van der Waals surface area contributed by atoms with Crippen LogP contribution in [-0.2, 0) is 4.74 Å². The normalized spacial score (nSPS) is 12.4. The minimum absolute atomic E-state index is 0.331. The lowest BCUT2D eigenvalue weighted by Gasteiger charge is -2.19. The van der Waals surface area contributed by atoms with E-state index in [0.717, 1.165) is 27.8 Å². The summed E-state index contributed by atoms with van der Waals surface area (Å²) in [4.78, 5) is 0. The van der Waals surface area contributed by atoms with Crippen molar-refractivity contribution in [1.29, 1.82) is 0 Å². The van der Waals surface area contributed by atoms with Crippen LogP contribution in [0.4, 0.5) is 11.4 Å². The van der Waals surface area contributed by atoms with Gasteiger partial charge in [0, 0.05) is 16.7 Å². The van der Waals surface area contributed by atoms with E-state index in [1.165, 1.54) is 0 Å². The molecule has 1 unspecified atom stereocenters. The molecule has 0 aliphatic carbocycles. The molecule has 0 bridgehead atoms. The van der Waals surface area contributed by atoms with Gasteiger partial charge in [0.15, 0.2) is 0 Å². The average Bonchev–Trinajstić information content (AvgIpc) is 2.23. The molecule has 1 aromatic carbocycles. The minimum Gasteiger partial charge on any atom is -0.397 e. The molecular weight excluding hydrogens is 315 g/mol. The molecule has 0 amide bonds. The molecular formula is C12H19IN2O. The van der Waals surface area contributed by atoms with Crippen LogP contribution in [-0.4, -0.2) is 19.8 Å². The van der Waals surface area contributed by atoms with Crippen LogP contribution in [0.15, 0.2) is 18.2 Å². The number of hydrogen-bond donors (Lipinski definition) is 2. The molecule has 4 heteroatoms. The zero-order valence-corrected chi connectivity index (χ0v) is 12.0. The van der Waals surface area contributed by atoms with Gasteiger partial charge in [-0.15, -0.1) is 0 Å². The average molecular weight is 334 g/mol. The maximum atomic E-state index is 5.95. The first-order chi connectivity index (χ1) is 7.67. The van der Waals surface area contributed by atoms with Crippen LogP contribution in [0.3, 0.4) is 0 Å². The highest BCUT2D eigenvalue weighted by molar-refractivity contribution is 14.1. The molecule has 1 atom stereocenters. The molecule has 0 radical (unpaired) electrons. The van der Waals surface area contributed by atoms with Crippen molar-refractivity contribution in [3.8, 4) is 0 Å². The van der Waals surface area contributed by atoms with Crippen LogP contribution in [0.5, 0.6) is 0 Å². The van der Waals surface area contributed by atoms with E-state index >= 15 is 0 Å². The van der Waals surface area contributed by atoms with E-state index in [2.05, 4.69) is 40.9 Å². The number of benzene rings is 1. The van der Waals surface area contributed by atoms with Gasteiger partial charge in [0.2, 0.25) is 0 Å². The fourth-order valence-corrected chi connectivity index (χ4v) is 2.15. The number of nitrogen functional groups attached to an aromatic ring is 1. The lowest BCUT2D eigenvalue weighted by Crippen LogP contribution is -2.25. The van der Waals surface area contributed by atoms with Gasteiger partial charge in [-0.2, -0.15) is 0 Å². The number of halogens is 1. The zero-order chi connectivity index (χ0) is 12.0. The van der Waals surface area contributed by atoms with Gasteiger partial charge < -0.3 is 15.8 Å². The van der Waals surface area contributed by atoms with Crippen LogP contribution < -0.4 is 11.1 Å². The fourth-order valence-electron chi connectivity index (χ4n) is 1.63. The first-order valence-corrected chi connectivity index (χ1v) is 6.55. The number of nitrogens with one attached hydrogen (secondary N) is 1. The fraction of sp³-hybridized carbons (Fsp3) is 0.500. The van der Waals surface area contributed by atoms with Crippen molar-refractivity contribution >= 4 is 34.0 Å². The van der Waals surface area contributed by atoms with Gasteiger partial charge >= 0.3 is 0 Å². The third-order valence-corrected chi connectivity index (χ3v) is 3.05. The molecule has 0 spiro atoms. The van der Waals surface area contributed by atoms with Gasteiger partial charge in [0.1, 0.15) is 0 Å². The smallest absolute Gasteiger partial charge is 0.0664 e. The van der Waals surface area contributed by atoms with Gasteiger partial charge in [-0.1, -0.05) is 13.3 Å². The first kappa shape index (κ1) is 13.6. The van der Waals surface area contributed by atoms with Crippen LogP contribution in [0.25, 0.3) is 0 Å². The standard InChI is InChI=1S/C12H19IN2O/c1-3-4-10(8-16-2)15-12-6-5-9(13)7-11(12)14/h5-7,10,15H,3-4,8,14H2,1-2H3. The molecule has 0 saturated heterocycles. The van der Waals surface area contributed by atoms with Crippen LogP contribution in [0.1, 0.15) is 19.8 Å². The summed E-state index contributed by atoms with van der Waals surface area (Å²) in [7, 11) is 1.72. The Kier molecular flexibility index (Phi) is 5.90. The lowest BCUT2D eigenvalue weighted by atomic mass is 10.1. The number of anilines is 2. The van der Waals surface area contributed by atoms with Crippen molar-refractivity contribution in [2.75, 3.05) is 24.8 Å². The predicted molar refractivity (Wildman–Crippen MR) is 77.8 cm³/mol. The van der Waals surface area contributed by atoms with Gasteiger partial charge in [0.05, 0.1) is 18.0 Å². The summed E-state index contributed by atoms with van der Waals surface area (Å²) in [5.74, 6) is 0. The van der Waals surface area contributed by atoms with Gasteiger partial charge in [0.25, 0.3) is 0 Å². The van der Waals surface area contributed by atoms with Crippen molar-refractivity contribution in [3.05, 3.63) is 21.8 Å². The molecule has 0 heterocycles. The van der Waals surface area contributed by atoms with E-state index in [0.29, 0.717) is 12.6 Å². The van der Waals surface area contributed by atoms with E-state index in [-0.39, 0.29) is 0 Å². The van der Waals surface area contributed by atoms with Crippen molar-refractivity contribution < 1.29 is 4.74 Å². The van der Waals surface area contributed by atoms with Crippen molar-refractivity contribution in [3.63, 3.8) is 0 Å². The summed E-state index contributed by atoms with van der Waals surface area (Å²) < 4.78 is 6.34. The van der Waals surface area contributed by atoms with Crippen LogP contribution in [0.2, 0.25) is 0 Å². The molecule has 3 N–H and O–H groups in total. The monoisotopic (exact) mass is 334 g/mol. The summed E-state index contributed by atoms with van der Waals surface area (Å²) >= 11 is 2.26. The van der Waals surface area contributed by atoms with Gasteiger partial charge in [-0.3, -0.25) is 0 Å². The number of methoxy groups -OCH3 is 1. The second kappa shape index (κ2) is 6.96. The Morgan fingerprint density at radius 2 is 2.25 bits per heavy atom. The molecule has 1 aromatic rings. The summed E-state index contributed by atoms with van der Waals surface area (Å²) in [6.45, 7) is 2.88. The second-order valence-corrected chi connectivity index (χ2v) is 5.06. The Bertz CT molecular complexity index is 325. The van der Waals surface area contributed by atoms with Gasteiger partial charge in [-0.25, -0.2) is 0 Å². The zero-order valence-electron chi connectivity index (χ0n) is 9.79. The molecule has 3 nitrogen and oxygen atoms in total. The quantitative estimate of drug-likeness (QED) is 0.621. The van der Waals surface area contributed by atoms with E-state index in [1.807, 2.05) is 12.1 Å². The topological polar surface area (TPSA) is 47.3 Å². The highest BCUT2D eigenvalue weighted by Crippen LogP contribution is 2.22. The first-order valence-electron chi connectivity index (χ1n) is 5.47. The second-order valence-electron chi connectivity index (χ2n) is 3.82. The van der Waals surface area contributed by atoms with Crippen LogP contribution in [0, 0.1) is 3.57 Å². The largest absolute Gasteiger partial charge is 0.397 e.